The van der Waals surface area contributed by atoms with E-state index in [-0.39, 0.29) is 11.9 Å². The summed E-state index contributed by atoms with van der Waals surface area (Å²) in [4.78, 5) is 25.8. The van der Waals surface area contributed by atoms with Gasteiger partial charge in [-0.05, 0) is 31.2 Å². The number of aromatic nitrogens is 6. The number of thiazole rings is 1. The van der Waals surface area contributed by atoms with Gasteiger partial charge in [0.05, 0.1) is 18.1 Å². The van der Waals surface area contributed by atoms with Crippen molar-refractivity contribution in [2.45, 2.75) is 19.5 Å². The lowest BCUT2D eigenvalue weighted by Gasteiger charge is -2.13. The lowest BCUT2D eigenvalue weighted by molar-refractivity contribution is 0.0940. The summed E-state index contributed by atoms with van der Waals surface area (Å²) in [5.41, 5.74) is 3.86. The Labute approximate surface area is 177 Å². The van der Waals surface area contributed by atoms with Crippen LogP contribution >= 0.6 is 11.3 Å². The maximum absolute atomic E-state index is 12.6. The minimum absolute atomic E-state index is 0.0968. The van der Waals surface area contributed by atoms with Crippen LogP contribution in [0.3, 0.4) is 0 Å². The number of hydrogen-bond acceptors (Lipinski definition) is 8. The highest BCUT2D eigenvalue weighted by Gasteiger charge is 2.14. The van der Waals surface area contributed by atoms with Crippen LogP contribution in [0.5, 0.6) is 0 Å². The van der Waals surface area contributed by atoms with Crippen LogP contribution in [0, 0.1) is 0 Å². The molecule has 0 radical (unpaired) electrons. The van der Waals surface area contributed by atoms with Crippen molar-refractivity contribution in [3.05, 3.63) is 70.8 Å². The molecule has 1 atom stereocenters. The van der Waals surface area contributed by atoms with Gasteiger partial charge in [-0.25, -0.2) is 9.97 Å². The summed E-state index contributed by atoms with van der Waals surface area (Å²) in [5.74, 6) is 1.28. The van der Waals surface area contributed by atoms with Crippen molar-refractivity contribution in [3.63, 3.8) is 0 Å². The molecule has 4 rings (SSSR count). The zero-order chi connectivity index (χ0) is 20.9. The number of carbonyl (C=O) groups is 1. The zero-order valence-electron chi connectivity index (χ0n) is 16.5. The fourth-order valence-corrected chi connectivity index (χ4v) is 3.53. The van der Waals surface area contributed by atoms with Gasteiger partial charge in [0.25, 0.3) is 5.91 Å². The molecule has 30 heavy (non-hydrogen) atoms. The van der Waals surface area contributed by atoms with Crippen LogP contribution in [0.1, 0.15) is 34.0 Å². The molecule has 0 unspecified atom stereocenters. The van der Waals surface area contributed by atoms with Crippen molar-refractivity contribution < 1.29 is 4.79 Å². The van der Waals surface area contributed by atoms with Crippen molar-refractivity contribution in [2.75, 3.05) is 5.32 Å². The molecule has 0 aliphatic carbocycles. The van der Waals surface area contributed by atoms with E-state index in [1.165, 1.54) is 17.7 Å². The molecule has 3 heterocycles. The van der Waals surface area contributed by atoms with Gasteiger partial charge in [0.1, 0.15) is 12.0 Å². The molecule has 0 aliphatic rings. The third kappa shape index (κ3) is 4.33. The molecule has 0 saturated heterocycles. The smallest absolute Gasteiger partial charge is 0.251 e. The summed E-state index contributed by atoms with van der Waals surface area (Å²) in [7, 11) is 1.89. The summed E-state index contributed by atoms with van der Waals surface area (Å²) >= 11 is 1.52. The van der Waals surface area contributed by atoms with E-state index in [2.05, 4.69) is 35.8 Å². The van der Waals surface area contributed by atoms with Crippen LogP contribution in [0.2, 0.25) is 0 Å². The van der Waals surface area contributed by atoms with E-state index >= 15 is 0 Å². The molecule has 0 bridgehead atoms. The quantitative estimate of drug-likeness (QED) is 0.473. The number of carbonyl (C=O) groups excluding carboxylic acids is 1. The number of nitrogens with zero attached hydrogens (tertiary/aromatic N) is 6. The Morgan fingerprint density at radius 3 is 2.90 bits per heavy atom. The van der Waals surface area contributed by atoms with Gasteiger partial charge in [-0.15, -0.1) is 21.5 Å². The molecule has 10 heteroatoms. The molecule has 0 saturated carbocycles. The highest BCUT2D eigenvalue weighted by atomic mass is 32.1. The van der Waals surface area contributed by atoms with E-state index in [4.69, 9.17) is 0 Å². The van der Waals surface area contributed by atoms with E-state index in [1.54, 1.807) is 30.0 Å². The van der Waals surface area contributed by atoms with Gasteiger partial charge in [-0.2, -0.15) is 0 Å². The maximum Gasteiger partial charge on any atom is 0.251 e. The summed E-state index contributed by atoms with van der Waals surface area (Å²) in [6, 6.07) is 9.05. The second kappa shape index (κ2) is 8.78. The van der Waals surface area contributed by atoms with E-state index in [9.17, 15) is 4.79 Å². The molecule has 0 fully saturated rings. The van der Waals surface area contributed by atoms with Crippen LogP contribution in [0.25, 0.3) is 11.5 Å². The SMILES string of the molecule is C[C@H](NC(=O)c1cccc(NCc2nnc(-c3ccncn3)n2C)c1)c1cncs1. The van der Waals surface area contributed by atoms with Gasteiger partial charge in [0.15, 0.2) is 11.6 Å². The highest BCUT2D eigenvalue weighted by molar-refractivity contribution is 7.09. The molecular weight excluding hydrogens is 400 g/mol. The van der Waals surface area contributed by atoms with Gasteiger partial charge in [-0.3, -0.25) is 9.78 Å². The zero-order valence-corrected chi connectivity index (χ0v) is 17.3. The summed E-state index contributed by atoms with van der Waals surface area (Å²) in [5, 5.41) is 14.7. The Balaban J connectivity index is 1.41. The molecule has 2 N–H and O–H groups in total. The Kier molecular flexibility index (Phi) is 5.75. The van der Waals surface area contributed by atoms with Crippen molar-refractivity contribution >= 4 is 22.9 Å². The van der Waals surface area contributed by atoms with E-state index < -0.39 is 0 Å². The highest BCUT2D eigenvalue weighted by Crippen LogP contribution is 2.19. The number of anilines is 1. The van der Waals surface area contributed by atoms with Crippen LogP contribution in [-0.4, -0.2) is 35.6 Å². The third-order valence-corrected chi connectivity index (χ3v) is 5.54. The number of nitrogens with one attached hydrogen (secondary N) is 2. The maximum atomic E-state index is 12.6. The molecule has 0 aliphatic heterocycles. The second-order valence-corrected chi connectivity index (χ2v) is 7.54. The Bertz CT molecular complexity index is 1130. The Morgan fingerprint density at radius 1 is 1.23 bits per heavy atom. The number of amides is 1. The summed E-state index contributed by atoms with van der Waals surface area (Å²) in [6.45, 7) is 2.40. The van der Waals surface area contributed by atoms with Gasteiger partial charge >= 0.3 is 0 Å². The largest absolute Gasteiger partial charge is 0.378 e. The van der Waals surface area contributed by atoms with Gasteiger partial charge in [0.2, 0.25) is 0 Å². The molecule has 3 aromatic heterocycles. The fourth-order valence-electron chi connectivity index (χ4n) is 2.90. The first kappa shape index (κ1) is 19.6. The Morgan fingerprint density at radius 2 is 2.13 bits per heavy atom. The lowest BCUT2D eigenvalue weighted by atomic mass is 10.1. The van der Waals surface area contributed by atoms with Crippen molar-refractivity contribution in [3.8, 4) is 11.5 Å². The standard InChI is InChI=1S/C20H20N8OS/c1-13(17-9-22-12-30-17)25-20(29)14-4-3-5-15(8-14)23-10-18-26-27-19(28(18)2)16-6-7-21-11-24-16/h3-9,11-13,23H,10H2,1-2H3,(H,25,29)/t13-/m0/s1. The van der Waals surface area contributed by atoms with Crippen LogP contribution < -0.4 is 10.6 Å². The predicted octanol–water partition coefficient (Wildman–Crippen LogP) is 2.83. The normalized spacial score (nSPS) is 11.8. The molecular formula is C20H20N8OS. The topological polar surface area (TPSA) is 111 Å². The lowest BCUT2D eigenvalue weighted by Crippen LogP contribution is -2.26. The van der Waals surface area contributed by atoms with Crippen LogP contribution in [0.15, 0.2) is 54.6 Å². The minimum atomic E-state index is -0.135. The average molecular weight is 421 g/mol. The van der Waals surface area contributed by atoms with Crippen LogP contribution in [-0.2, 0) is 13.6 Å². The predicted molar refractivity (Wildman–Crippen MR) is 114 cm³/mol. The Hall–Kier alpha value is -3.66. The number of hydrogen-bond donors (Lipinski definition) is 2. The van der Waals surface area contributed by atoms with Gasteiger partial charge in [0, 0.05) is 35.6 Å². The van der Waals surface area contributed by atoms with E-state index in [0.29, 0.717) is 23.6 Å². The summed E-state index contributed by atoms with van der Waals surface area (Å²) < 4.78 is 1.88. The molecule has 9 nitrogen and oxygen atoms in total. The monoisotopic (exact) mass is 420 g/mol. The van der Waals surface area contributed by atoms with Crippen molar-refractivity contribution in [1.82, 2.24) is 35.0 Å². The van der Waals surface area contributed by atoms with E-state index in [0.717, 1.165) is 16.4 Å². The molecule has 1 amide bonds. The number of rotatable bonds is 7. The minimum Gasteiger partial charge on any atom is -0.378 e. The van der Waals surface area contributed by atoms with E-state index in [1.807, 2.05) is 36.7 Å². The molecule has 1 aromatic carbocycles. The second-order valence-electron chi connectivity index (χ2n) is 6.63. The summed E-state index contributed by atoms with van der Waals surface area (Å²) in [6.07, 6.45) is 4.92. The third-order valence-electron chi connectivity index (χ3n) is 4.58. The average Bonchev–Trinajstić information content (AvgIpc) is 3.43. The van der Waals surface area contributed by atoms with Crippen LogP contribution in [0.4, 0.5) is 5.69 Å². The van der Waals surface area contributed by atoms with Gasteiger partial charge < -0.3 is 15.2 Å². The molecule has 4 aromatic rings. The van der Waals surface area contributed by atoms with Crippen molar-refractivity contribution in [1.29, 1.82) is 0 Å². The molecule has 0 spiro atoms. The van der Waals surface area contributed by atoms with Gasteiger partial charge in [-0.1, -0.05) is 6.07 Å². The van der Waals surface area contributed by atoms with Crippen molar-refractivity contribution in [2.24, 2.45) is 7.05 Å². The fraction of sp³-hybridized carbons (Fsp3) is 0.200. The first-order chi connectivity index (χ1) is 14.6. The first-order valence-corrected chi connectivity index (χ1v) is 10.2. The number of benzene rings is 1. The molecule has 152 valence electrons. The first-order valence-electron chi connectivity index (χ1n) is 9.29.